The molecule has 0 radical (unpaired) electrons. The van der Waals surface area contributed by atoms with Gasteiger partial charge < -0.3 is 10.6 Å². The first kappa shape index (κ1) is 11.8. The van der Waals surface area contributed by atoms with Crippen LogP contribution in [0.5, 0.6) is 0 Å². The van der Waals surface area contributed by atoms with Crippen molar-refractivity contribution in [2.75, 3.05) is 31.1 Å². The Bertz CT molecular complexity index is 346. The molecule has 0 unspecified atom stereocenters. The summed E-state index contributed by atoms with van der Waals surface area (Å²) in [4.78, 5) is 3.89. The fraction of sp³-hybridized carbons (Fsp3) is 0.538. The van der Waals surface area contributed by atoms with Gasteiger partial charge in [0.15, 0.2) is 0 Å². The number of aryl methyl sites for hydroxylation is 1. The van der Waals surface area contributed by atoms with Gasteiger partial charge in [-0.25, -0.2) is 0 Å². The molecule has 1 aliphatic heterocycles. The van der Waals surface area contributed by atoms with Crippen LogP contribution in [0.2, 0.25) is 0 Å². The van der Waals surface area contributed by atoms with Crippen LogP contribution in [0, 0.1) is 6.92 Å². The number of benzene rings is 1. The first-order chi connectivity index (χ1) is 7.75. The maximum Gasteiger partial charge on any atom is 0.0344 e. The average molecular weight is 236 g/mol. The molecule has 1 aromatic rings. The van der Waals surface area contributed by atoms with Gasteiger partial charge >= 0.3 is 0 Å². The lowest BCUT2D eigenvalue weighted by Crippen LogP contribution is -2.21. The first-order valence-corrected chi connectivity index (χ1v) is 6.95. The van der Waals surface area contributed by atoms with E-state index >= 15 is 0 Å². The van der Waals surface area contributed by atoms with Gasteiger partial charge in [0.25, 0.3) is 0 Å². The Kier molecular flexibility index (Phi) is 4.13. The largest absolute Gasteiger partial charge is 0.399 e. The van der Waals surface area contributed by atoms with Gasteiger partial charge in [-0.15, -0.1) is 11.8 Å². The third-order valence-corrected chi connectivity index (χ3v) is 4.09. The molecule has 0 saturated carbocycles. The summed E-state index contributed by atoms with van der Waals surface area (Å²) in [5.74, 6) is 1.18. The second kappa shape index (κ2) is 5.60. The molecule has 1 aromatic carbocycles. The Hall–Kier alpha value is -0.670. The van der Waals surface area contributed by atoms with Crippen molar-refractivity contribution < 1.29 is 0 Å². The molecule has 0 amide bonds. The van der Waals surface area contributed by atoms with E-state index in [1.54, 1.807) is 0 Å². The van der Waals surface area contributed by atoms with E-state index in [0.717, 1.165) is 5.69 Å². The van der Waals surface area contributed by atoms with E-state index in [1.807, 2.05) is 17.8 Å². The van der Waals surface area contributed by atoms with Crippen LogP contribution in [0.15, 0.2) is 23.1 Å². The SMILES string of the molecule is Cc1cc(SCCN2CCCC2)ccc1N. The highest BCUT2D eigenvalue weighted by Crippen LogP contribution is 2.22. The Morgan fingerprint density at radius 3 is 2.75 bits per heavy atom. The van der Waals surface area contributed by atoms with Crippen molar-refractivity contribution in [1.29, 1.82) is 0 Å². The topological polar surface area (TPSA) is 29.3 Å². The van der Waals surface area contributed by atoms with Gasteiger partial charge in [0.05, 0.1) is 0 Å². The third-order valence-electron chi connectivity index (χ3n) is 3.12. The Morgan fingerprint density at radius 1 is 1.31 bits per heavy atom. The van der Waals surface area contributed by atoms with Crippen molar-refractivity contribution in [2.45, 2.75) is 24.7 Å². The van der Waals surface area contributed by atoms with Crippen LogP contribution in [-0.2, 0) is 0 Å². The van der Waals surface area contributed by atoms with Crippen molar-refractivity contribution in [3.63, 3.8) is 0 Å². The summed E-state index contributed by atoms with van der Waals surface area (Å²) in [6.45, 7) is 5.87. The highest BCUT2D eigenvalue weighted by Gasteiger charge is 2.10. The zero-order chi connectivity index (χ0) is 11.4. The summed E-state index contributed by atoms with van der Waals surface area (Å²) in [6.07, 6.45) is 2.76. The molecule has 0 spiro atoms. The second-order valence-electron chi connectivity index (χ2n) is 4.42. The molecule has 0 aliphatic carbocycles. The van der Waals surface area contributed by atoms with E-state index in [2.05, 4.69) is 24.0 Å². The fourth-order valence-corrected chi connectivity index (χ4v) is 3.05. The van der Waals surface area contributed by atoms with E-state index in [4.69, 9.17) is 5.73 Å². The highest BCUT2D eigenvalue weighted by atomic mass is 32.2. The predicted octanol–water partition coefficient (Wildman–Crippen LogP) is 2.77. The molecule has 1 aliphatic rings. The predicted molar refractivity (Wildman–Crippen MR) is 72.0 cm³/mol. The van der Waals surface area contributed by atoms with Crippen LogP contribution < -0.4 is 5.73 Å². The van der Waals surface area contributed by atoms with Crippen molar-refractivity contribution in [2.24, 2.45) is 0 Å². The van der Waals surface area contributed by atoms with Crippen molar-refractivity contribution >= 4 is 17.4 Å². The van der Waals surface area contributed by atoms with Crippen molar-refractivity contribution in [3.8, 4) is 0 Å². The van der Waals surface area contributed by atoms with Gasteiger partial charge in [-0.1, -0.05) is 0 Å². The zero-order valence-electron chi connectivity index (χ0n) is 9.91. The van der Waals surface area contributed by atoms with Gasteiger partial charge in [-0.3, -0.25) is 0 Å². The van der Waals surface area contributed by atoms with E-state index in [1.165, 1.54) is 48.7 Å². The number of hydrogen-bond donors (Lipinski definition) is 1. The number of anilines is 1. The van der Waals surface area contributed by atoms with Crippen molar-refractivity contribution in [3.05, 3.63) is 23.8 Å². The molecule has 0 atom stereocenters. The van der Waals surface area contributed by atoms with Crippen LogP contribution in [-0.4, -0.2) is 30.3 Å². The third kappa shape index (κ3) is 3.16. The lowest BCUT2D eigenvalue weighted by Gasteiger charge is -2.13. The lowest BCUT2D eigenvalue weighted by molar-refractivity contribution is 0.362. The molecule has 1 heterocycles. The molecule has 2 rings (SSSR count). The molecular formula is C13H20N2S. The number of thioether (sulfide) groups is 1. The van der Waals surface area contributed by atoms with Gasteiger partial charge in [0.1, 0.15) is 0 Å². The molecule has 88 valence electrons. The minimum absolute atomic E-state index is 0.892. The normalized spacial score (nSPS) is 16.8. The number of likely N-dealkylation sites (tertiary alicyclic amines) is 1. The molecule has 2 nitrogen and oxygen atoms in total. The number of nitrogens with zero attached hydrogens (tertiary/aromatic N) is 1. The second-order valence-corrected chi connectivity index (χ2v) is 5.58. The summed E-state index contributed by atoms with van der Waals surface area (Å²) in [6, 6.07) is 6.31. The van der Waals surface area contributed by atoms with E-state index in [-0.39, 0.29) is 0 Å². The molecule has 16 heavy (non-hydrogen) atoms. The highest BCUT2D eigenvalue weighted by molar-refractivity contribution is 7.99. The number of nitrogen functional groups attached to an aromatic ring is 1. The Morgan fingerprint density at radius 2 is 2.06 bits per heavy atom. The molecular weight excluding hydrogens is 216 g/mol. The van der Waals surface area contributed by atoms with Crippen molar-refractivity contribution in [1.82, 2.24) is 4.90 Å². The average Bonchev–Trinajstić information content (AvgIpc) is 2.76. The maximum atomic E-state index is 5.80. The first-order valence-electron chi connectivity index (χ1n) is 5.97. The van der Waals surface area contributed by atoms with Crippen LogP contribution in [0.3, 0.4) is 0 Å². The lowest BCUT2D eigenvalue weighted by atomic mass is 10.2. The molecule has 0 bridgehead atoms. The van der Waals surface area contributed by atoms with Crippen LogP contribution in [0.4, 0.5) is 5.69 Å². The molecule has 0 aromatic heterocycles. The van der Waals surface area contributed by atoms with E-state index in [9.17, 15) is 0 Å². The van der Waals surface area contributed by atoms with Gasteiger partial charge in [-0.05, 0) is 56.6 Å². The Labute approximate surface area is 102 Å². The summed E-state index contributed by atoms with van der Waals surface area (Å²) in [7, 11) is 0. The Balaban J connectivity index is 1.78. The minimum atomic E-state index is 0.892. The summed E-state index contributed by atoms with van der Waals surface area (Å²) >= 11 is 1.93. The fourth-order valence-electron chi connectivity index (χ4n) is 2.04. The van der Waals surface area contributed by atoms with Crippen LogP contribution >= 0.6 is 11.8 Å². The van der Waals surface area contributed by atoms with E-state index in [0.29, 0.717) is 0 Å². The summed E-state index contributed by atoms with van der Waals surface area (Å²) in [5.41, 5.74) is 7.88. The minimum Gasteiger partial charge on any atom is -0.399 e. The maximum absolute atomic E-state index is 5.80. The molecule has 1 fully saturated rings. The molecule has 3 heteroatoms. The monoisotopic (exact) mass is 236 g/mol. The van der Waals surface area contributed by atoms with Gasteiger partial charge in [0, 0.05) is 22.9 Å². The quantitative estimate of drug-likeness (QED) is 0.644. The van der Waals surface area contributed by atoms with Gasteiger partial charge in [-0.2, -0.15) is 0 Å². The number of hydrogen-bond acceptors (Lipinski definition) is 3. The summed E-state index contributed by atoms with van der Waals surface area (Å²) < 4.78 is 0. The van der Waals surface area contributed by atoms with Gasteiger partial charge in [0.2, 0.25) is 0 Å². The van der Waals surface area contributed by atoms with Crippen LogP contribution in [0.1, 0.15) is 18.4 Å². The molecule has 1 saturated heterocycles. The smallest absolute Gasteiger partial charge is 0.0344 e. The standard InChI is InChI=1S/C13H20N2S/c1-11-10-12(4-5-13(11)14)16-9-8-15-6-2-3-7-15/h4-5,10H,2-3,6-9,14H2,1H3. The zero-order valence-corrected chi connectivity index (χ0v) is 10.7. The summed E-state index contributed by atoms with van der Waals surface area (Å²) in [5, 5.41) is 0. The number of nitrogens with two attached hydrogens (primary N) is 1. The van der Waals surface area contributed by atoms with E-state index < -0.39 is 0 Å². The number of rotatable bonds is 4. The van der Waals surface area contributed by atoms with Crippen LogP contribution in [0.25, 0.3) is 0 Å². The molecule has 2 N–H and O–H groups in total.